The van der Waals surface area contributed by atoms with Gasteiger partial charge in [-0.15, -0.1) is 11.6 Å². The molecule has 0 N–H and O–H groups in total. The molecular formula is C16H19ClN2. The van der Waals surface area contributed by atoms with Gasteiger partial charge in [-0.25, -0.2) is 0 Å². The molecule has 19 heavy (non-hydrogen) atoms. The highest BCUT2D eigenvalue weighted by molar-refractivity contribution is 6.17. The number of rotatable bonds is 4. The van der Waals surface area contributed by atoms with E-state index in [0.717, 1.165) is 30.3 Å². The van der Waals surface area contributed by atoms with Crippen molar-refractivity contribution >= 4 is 22.5 Å². The number of likely N-dealkylation sites (tertiary alicyclic amines) is 1. The van der Waals surface area contributed by atoms with Gasteiger partial charge >= 0.3 is 0 Å². The first kappa shape index (κ1) is 12.9. The summed E-state index contributed by atoms with van der Waals surface area (Å²) in [4.78, 5) is 7.06. The summed E-state index contributed by atoms with van der Waals surface area (Å²) in [5.74, 6) is 1.56. The summed E-state index contributed by atoms with van der Waals surface area (Å²) in [6, 6.07) is 10.6. The number of para-hydroxylation sites is 1. The lowest BCUT2D eigenvalue weighted by atomic mass is 10.1. The van der Waals surface area contributed by atoms with E-state index in [2.05, 4.69) is 34.1 Å². The molecule has 1 saturated heterocycles. The molecule has 1 aliphatic rings. The Morgan fingerprint density at radius 3 is 3.05 bits per heavy atom. The van der Waals surface area contributed by atoms with Crippen LogP contribution in [0.5, 0.6) is 0 Å². The normalized spacial score (nSPS) is 20.2. The van der Waals surface area contributed by atoms with Crippen molar-refractivity contribution < 1.29 is 0 Å². The number of fused-ring (bicyclic) bond motifs is 1. The van der Waals surface area contributed by atoms with Crippen LogP contribution in [0.4, 0.5) is 0 Å². The Hall–Kier alpha value is -1.12. The summed E-state index contributed by atoms with van der Waals surface area (Å²) in [5.41, 5.74) is 2.48. The fourth-order valence-electron chi connectivity index (χ4n) is 2.98. The number of pyridine rings is 1. The second-order valence-corrected chi connectivity index (χ2v) is 5.74. The van der Waals surface area contributed by atoms with E-state index in [1.165, 1.54) is 30.5 Å². The molecule has 0 amide bonds. The summed E-state index contributed by atoms with van der Waals surface area (Å²) in [6.07, 6.45) is 4.31. The molecule has 1 aromatic heterocycles. The highest BCUT2D eigenvalue weighted by Gasteiger charge is 2.22. The summed E-state index contributed by atoms with van der Waals surface area (Å²) in [6.45, 7) is 3.37. The average Bonchev–Trinajstić information content (AvgIpc) is 2.87. The number of halogens is 1. The molecule has 0 bridgehead atoms. The van der Waals surface area contributed by atoms with E-state index in [1.54, 1.807) is 0 Å². The first-order valence-electron chi connectivity index (χ1n) is 6.98. The monoisotopic (exact) mass is 274 g/mol. The number of alkyl halides is 1. The Morgan fingerprint density at radius 1 is 1.26 bits per heavy atom. The molecule has 2 nitrogen and oxygen atoms in total. The lowest BCUT2D eigenvalue weighted by Crippen LogP contribution is -2.20. The molecule has 0 saturated carbocycles. The van der Waals surface area contributed by atoms with Crippen molar-refractivity contribution in [1.29, 1.82) is 0 Å². The molecule has 1 aromatic carbocycles. The van der Waals surface area contributed by atoms with Crippen LogP contribution in [0.3, 0.4) is 0 Å². The second kappa shape index (κ2) is 5.89. The highest BCUT2D eigenvalue weighted by atomic mass is 35.5. The van der Waals surface area contributed by atoms with Crippen molar-refractivity contribution in [2.45, 2.75) is 19.4 Å². The zero-order valence-corrected chi connectivity index (χ0v) is 11.8. The molecule has 1 unspecified atom stereocenters. The van der Waals surface area contributed by atoms with Crippen molar-refractivity contribution in [3.05, 3.63) is 42.1 Å². The molecule has 3 rings (SSSR count). The van der Waals surface area contributed by atoms with Gasteiger partial charge in [-0.1, -0.05) is 24.3 Å². The molecular weight excluding hydrogens is 256 g/mol. The van der Waals surface area contributed by atoms with Crippen LogP contribution in [0.15, 0.2) is 36.5 Å². The first-order chi connectivity index (χ1) is 9.36. The molecule has 1 fully saturated rings. The quantitative estimate of drug-likeness (QED) is 0.791. The summed E-state index contributed by atoms with van der Waals surface area (Å²) in [7, 11) is 0. The Labute approximate surface area is 119 Å². The van der Waals surface area contributed by atoms with E-state index in [4.69, 9.17) is 11.6 Å². The van der Waals surface area contributed by atoms with Crippen molar-refractivity contribution in [2.75, 3.05) is 19.0 Å². The SMILES string of the molecule is ClCCC1CCN(Cc2cccc3cccnc23)C1. The van der Waals surface area contributed by atoms with Gasteiger partial charge in [0, 0.05) is 30.6 Å². The van der Waals surface area contributed by atoms with Crippen LogP contribution in [0.1, 0.15) is 18.4 Å². The Balaban J connectivity index is 1.75. The summed E-state index contributed by atoms with van der Waals surface area (Å²) >= 11 is 5.84. The molecule has 2 aromatic rings. The maximum atomic E-state index is 5.84. The smallest absolute Gasteiger partial charge is 0.0746 e. The maximum Gasteiger partial charge on any atom is 0.0746 e. The van der Waals surface area contributed by atoms with Crippen molar-refractivity contribution in [2.24, 2.45) is 5.92 Å². The van der Waals surface area contributed by atoms with E-state index in [0.29, 0.717) is 0 Å². The van der Waals surface area contributed by atoms with Crippen LogP contribution in [-0.4, -0.2) is 28.9 Å². The van der Waals surface area contributed by atoms with E-state index >= 15 is 0 Å². The van der Waals surface area contributed by atoms with E-state index in [9.17, 15) is 0 Å². The van der Waals surface area contributed by atoms with Crippen LogP contribution in [0.2, 0.25) is 0 Å². The van der Waals surface area contributed by atoms with Crippen molar-refractivity contribution in [3.63, 3.8) is 0 Å². The fourth-order valence-corrected chi connectivity index (χ4v) is 3.29. The zero-order chi connectivity index (χ0) is 13.1. The molecule has 1 aliphatic heterocycles. The Bertz CT molecular complexity index is 550. The van der Waals surface area contributed by atoms with E-state index in [-0.39, 0.29) is 0 Å². The van der Waals surface area contributed by atoms with Gasteiger partial charge in [0.25, 0.3) is 0 Å². The van der Waals surface area contributed by atoms with Gasteiger partial charge in [0.05, 0.1) is 5.52 Å². The maximum absolute atomic E-state index is 5.84. The molecule has 1 atom stereocenters. The van der Waals surface area contributed by atoms with Crippen LogP contribution >= 0.6 is 11.6 Å². The molecule has 0 radical (unpaired) electrons. The molecule has 0 aliphatic carbocycles. The second-order valence-electron chi connectivity index (χ2n) is 5.36. The predicted molar refractivity (Wildman–Crippen MR) is 80.5 cm³/mol. The number of hydrogen-bond acceptors (Lipinski definition) is 2. The van der Waals surface area contributed by atoms with E-state index in [1.807, 2.05) is 12.3 Å². The summed E-state index contributed by atoms with van der Waals surface area (Å²) in [5, 5.41) is 1.23. The third kappa shape index (κ3) is 2.90. The lowest BCUT2D eigenvalue weighted by molar-refractivity contribution is 0.316. The van der Waals surface area contributed by atoms with Crippen LogP contribution in [-0.2, 0) is 6.54 Å². The minimum absolute atomic E-state index is 0.778. The Morgan fingerprint density at radius 2 is 2.16 bits per heavy atom. The summed E-state index contributed by atoms with van der Waals surface area (Å²) < 4.78 is 0. The van der Waals surface area contributed by atoms with Crippen LogP contribution < -0.4 is 0 Å². The Kier molecular flexibility index (Phi) is 4.00. The van der Waals surface area contributed by atoms with Gasteiger partial charge in [-0.3, -0.25) is 9.88 Å². The molecule has 100 valence electrons. The van der Waals surface area contributed by atoms with Gasteiger partial charge in [0.15, 0.2) is 0 Å². The van der Waals surface area contributed by atoms with Crippen LogP contribution in [0.25, 0.3) is 10.9 Å². The number of benzene rings is 1. The lowest BCUT2D eigenvalue weighted by Gasteiger charge is -2.16. The zero-order valence-electron chi connectivity index (χ0n) is 11.1. The molecule has 3 heteroatoms. The van der Waals surface area contributed by atoms with E-state index < -0.39 is 0 Å². The minimum atomic E-state index is 0.778. The van der Waals surface area contributed by atoms with Gasteiger partial charge in [0.1, 0.15) is 0 Å². The van der Waals surface area contributed by atoms with Gasteiger partial charge in [-0.2, -0.15) is 0 Å². The largest absolute Gasteiger partial charge is 0.299 e. The minimum Gasteiger partial charge on any atom is -0.299 e. The topological polar surface area (TPSA) is 16.1 Å². The van der Waals surface area contributed by atoms with Crippen molar-refractivity contribution in [3.8, 4) is 0 Å². The molecule has 0 spiro atoms. The standard InChI is InChI=1S/C16H19ClN2/c17-8-6-13-7-10-19(11-13)12-15-4-1-3-14-5-2-9-18-16(14)15/h1-5,9,13H,6-8,10-12H2. The van der Waals surface area contributed by atoms with Gasteiger partial charge in [0.2, 0.25) is 0 Å². The highest BCUT2D eigenvalue weighted by Crippen LogP contribution is 2.24. The number of nitrogens with zero attached hydrogens (tertiary/aromatic N) is 2. The molecule has 2 heterocycles. The number of aromatic nitrogens is 1. The third-order valence-electron chi connectivity index (χ3n) is 4.00. The first-order valence-corrected chi connectivity index (χ1v) is 7.51. The fraction of sp³-hybridized carbons (Fsp3) is 0.438. The van der Waals surface area contributed by atoms with Gasteiger partial charge < -0.3 is 0 Å². The van der Waals surface area contributed by atoms with Crippen LogP contribution in [0, 0.1) is 5.92 Å². The van der Waals surface area contributed by atoms with Crippen molar-refractivity contribution in [1.82, 2.24) is 9.88 Å². The predicted octanol–water partition coefficient (Wildman–Crippen LogP) is 3.69. The third-order valence-corrected chi connectivity index (χ3v) is 4.22. The number of hydrogen-bond donors (Lipinski definition) is 0. The van der Waals surface area contributed by atoms with Gasteiger partial charge in [-0.05, 0) is 36.9 Å². The average molecular weight is 275 g/mol.